The molecule has 0 bridgehead atoms. The van der Waals surface area contributed by atoms with Crippen molar-refractivity contribution in [1.82, 2.24) is 14.5 Å². The molecule has 140 valence electrons. The molecule has 3 N–H and O–H groups in total. The maximum absolute atomic E-state index is 12.3. The lowest BCUT2D eigenvalue weighted by atomic mass is 10.1. The van der Waals surface area contributed by atoms with Crippen LogP contribution < -0.4 is 11.1 Å². The average Bonchev–Trinajstić information content (AvgIpc) is 3.10. The largest absolute Gasteiger partial charge is 0.383 e. The molecule has 6 nitrogen and oxygen atoms in total. The predicted molar refractivity (Wildman–Crippen MR) is 112 cm³/mol. The van der Waals surface area contributed by atoms with E-state index in [-0.39, 0.29) is 11.9 Å². The third-order valence-corrected chi connectivity index (χ3v) is 4.68. The Morgan fingerprint density at radius 3 is 2.43 bits per heavy atom. The lowest BCUT2D eigenvalue weighted by Crippen LogP contribution is -2.11. The first-order chi connectivity index (χ1) is 13.5. The third kappa shape index (κ3) is 3.20. The summed E-state index contributed by atoms with van der Waals surface area (Å²) in [4.78, 5) is 20.9. The Morgan fingerprint density at radius 2 is 1.75 bits per heavy atom. The summed E-state index contributed by atoms with van der Waals surface area (Å²) in [5, 5.41) is 3.76. The smallest absolute Gasteiger partial charge is 0.255 e. The highest BCUT2D eigenvalue weighted by Gasteiger charge is 2.16. The number of amides is 1. The molecule has 0 atom stereocenters. The van der Waals surface area contributed by atoms with E-state index >= 15 is 0 Å². The summed E-state index contributed by atoms with van der Waals surface area (Å²) >= 11 is 0. The van der Waals surface area contributed by atoms with Gasteiger partial charge in [-0.15, -0.1) is 0 Å². The van der Waals surface area contributed by atoms with E-state index in [1.165, 1.54) is 6.33 Å². The number of hydrogen-bond acceptors (Lipinski definition) is 4. The second-order valence-corrected chi connectivity index (χ2v) is 6.90. The predicted octanol–water partition coefficient (Wildman–Crippen LogP) is 4.51. The van der Waals surface area contributed by atoms with Crippen LogP contribution in [-0.4, -0.2) is 20.4 Å². The standard InChI is InChI=1S/C22H21N5O/c1-14(2)27-12-18(19-20(23)24-13-25-21(19)27)15-8-10-17(11-9-15)26-22(28)16-6-4-3-5-7-16/h3-14H,1-2H3,(H,26,28)(H2,23,24,25). The lowest BCUT2D eigenvalue weighted by Gasteiger charge is -2.07. The monoisotopic (exact) mass is 371 g/mol. The normalized spacial score (nSPS) is 11.1. The molecular weight excluding hydrogens is 350 g/mol. The number of nitrogens with one attached hydrogen (secondary N) is 1. The Kier molecular flexibility index (Phi) is 4.53. The van der Waals surface area contributed by atoms with Crippen molar-refractivity contribution in [2.45, 2.75) is 19.9 Å². The number of hydrogen-bond donors (Lipinski definition) is 2. The van der Waals surface area contributed by atoms with Crippen molar-refractivity contribution < 1.29 is 4.79 Å². The van der Waals surface area contributed by atoms with Crippen LogP contribution in [0, 0.1) is 0 Å². The molecule has 0 aliphatic heterocycles. The highest BCUT2D eigenvalue weighted by molar-refractivity contribution is 6.05. The van der Waals surface area contributed by atoms with Gasteiger partial charge in [0, 0.05) is 29.1 Å². The number of anilines is 2. The number of carbonyl (C=O) groups is 1. The topological polar surface area (TPSA) is 85.8 Å². The first-order valence-corrected chi connectivity index (χ1v) is 9.12. The Balaban J connectivity index is 1.67. The molecule has 0 aliphatic carbocycles. The molecule has 6 heteroatoms. The summed E-state index contributed by atoms with van der Waals surface area (Å²) in [6, 6.07) is 17.1. The minimum absolute atomic E-state index is 0.137. The molecule has 28 heavy (non-hydrogen) atoms. The van der Waals surface area contributed by atoms with Gasteiger partial charge in [-0.1, -0.05) is 30.3 Å². The van der Waals surface area contributed by atoms with Gasteiger partial charge in [0.25, 0.3) is 5.91 Å². The van der Waals surface area contributed by atoms with E-state index in [0.29, 0.717) is 11.4 Å². The maximum Gasteiger partial charge on any atom is 0.255 e. The molecule has 2 aromatic heterocycles. The van der Waals surface area contributed by atoms with Crippen LogP contribution in [0.1, 0.15) is 30.2 Å². The number of benzene rings is 2. The first-order valence-electron chi connectivity index (χ1n) is 9.12. The Morgan fingerprint density at radius 1 is 1.04 bits per heavy atom. The van der Waals surface area contributed by atoms with Crippen molar-refractivity contribution in [2.75, 3.05) is 11.1 Å². The van der Waals surface area contributed by atoms with Crippen LogP contribution in [0.4, 0.5) is 11.5 Å². The molecule has 2 aromatic carbocycles. The average molecular weight is 371 g/mol. The van der Waals surface area contributed by atoms with Crippen molar-refractivity contribution in [3.8, 4) is 11.1 Å². The van der Waals surface area contributed by atoms with Gasteiger partial charge in [0.15, 0.2) is 0 Å². The molecular formula is C22H21N5O. The molecule has 1 amide bonds. The molecule has 0 saturated heterocycles. The van der Waals surface area contributed by atoms with Crippen molar-refractivity contribution in [3.63, 3.8) is 0 Å². The van der Waals surface area contributed by atoms with E-state index in [0.717, 1.165) is 27.8 Å². The number of rotatable bonds is 4. The van der Waals surface area contributed by atoms with Crippen LogP contribution in [0.25, 0.3) is 22.2 Å². The van der Waals surface area contributed by atoms with Crippen LogP contribution in [-0.2, 0) is 0 Å². The van der Waals surface area contributed by atoms with Gasteiger partial charge in [0.05, 0.1) is 5.39 Å². The summed E-state index contributed by atoms with van der Waals surface area (Å²) in [7, 11) is 0. The van der Waals surface area contributed by atoms with Gasteiger partial charge in [-0.05, 0) is 43.7 Å². The highest BCUT2D eigenvalue weighted by Crippen LogP contribution is 2.34. The maximum atomic E-state index is 12.3. The summed E-state index contributed by atoms with van der Waals surface area (Å²) in [5.41, 5.74) is 10.3. The fourth-order valence-corrected chi connectivity index (χ4v) is 3.25. The Labute approximate surface area is 163 Å². The van der Waals surface area contributed by atoms with Crippen LogP contribution in [0.15, 0.2) is 67.1 Å². The summed E-state index contributed by atoms with van der Waals surface area (Å²) < 4.78 is 2.09. The van der Waals surface area contributed by atoms with Gasteiger partial charge in [-0.25, -0.2) is 9.97 Å². The summed E-state index contributed by atoms with van der Waals surface area (Å²) in [5.74, 6) is 0.322. The van der Waals surface area contributed by atoms with Crippen LogP contribution in [0.3, 0.4) is 0 Å². The highest BCUT2D eigenvalue weighted by atomic mass is 16.1. The zero-order valence-electron chi connectivity index (χ0n) is 15.8. The van der Waals surface area contributed by atoms with Crippen LogP contribution in [0.5, 0.6) is 0 Å². The van der Waals surface area contributed by atoms with E-state index in [9.17, 15) is 4.79 Å². The van der Waals surface area contributed by atoms with E-state index in [4.69, 9.17) is 5.73 Å². The molecule has 0 fully saturated rings. The molecule has 4 aromatic rings. The van der Waals surface area contributed by atoms with Crippen molar-refractivity contribution in [1.29, 1.82) is 0 Å². The minimum atomic E-state index is -0.137. The van der Waals surface area contributed by atoms with Gasteiger partial charge in [0.2, 0.25) is 0 Å². The number of aromatic nitrogens is 3. The number of nitrogen functional groups attached to an aromatic ring is 1. The van der Waals surface area contributed by atoms with Crippen molar-refractivity contribution in [3.05, 3.63) is 72.7 Å². The summed E-state index contributed by atoms with van der Waals surface area (Å²) in [6.45, 7) is 4.20. The third-order valence-electron chi connectivity index (χ3n) is 4.68. The fraction of sp³-hybridized carbons (Fsp3) is 0.136. The van der Waals surface area contributed by atoms with Crippen LogP contribution in [0.2, 0.25) is 0 Å². The number of nitrogens with zero attached hydrogens (tertiary/aromatic N) is 3. The minimum Gasteiger partial charge on any atom is -0.383 e. The van der Waals surface area contributed by atoms with E-state index in [2.05, 4.69) is 39.9 Å². The Bertz CT molecular complexity index is 1130. The molecule has 0 radical (unpaired) electrons. The van der Waals surface area contributed by atoms with Gasteiger partial charge in [-0.2, -0.15) is 0 Å². The SMILES string of the molecule is CC(C)n1cc(-c2ccc(NC(=O)c3ccccc3)cc2)c2c(N)ncnc21. The molecule has 0 saturated carbocycles. The van der Waals surface area contributed by atoms with Gasteiger partial charge in [-0.3, -0.25) is 4.79 Å². The molecule has 2 heterocycles. The van der Waals surface area contributed by atoms with Gasteiger partial charge in [0.1, 0.15) is 17.8 Å². The second-order valence-electron chi connectivity index (χ2n) is 6.90. The molecule has 0 aliphatic rings. The van der Waals surface area contributed by atoms with Crippen LogP contribution >= 0.6 is 0 Å². The van der Waals surface area contributed by atoms with Crippen molar-refractivity contribution >= 4 is 28.4 Å². The zero-order chi connectivity index (χ0) is 19.7. The number of carbonyl (C=O) groups excluding carboxylic acids is 1. The number of nitrogens with two attached hydrogens (primary N) is 1. The molecule has 0 spiro atoms. The molecule has 4 rings (SSSR count). The van der Waals surface area contributed by atoms with Crippen molar-refractivity contribution in [2.24, 2.45) is 0 Å². The van der Waals surface area contributed by atoms with E-state index in [1.807, 2.05) is 42.5 Å². The van der Waals surface area contributed by atoms with E-state index in [1.54, 1.807) is 12.1 Å². The quantitative estimate of drug-likeness (QED) is 0.552. The Hall–Kier alpha value is -3.67. The molecule has 0 unspecified atom stereocenters. The van der Waals surface area contributed by atoms with Gasteiger partial charge >= 0.3 is 0 Å². The van der Waals surface area contributed by atoms with E-state index < -0.39 is 0 Å². The first kappa shape index (κ1) is 17.7. The number of fused-ring (bicyclic) bond motifs is 1. The fourth-order valence-electron chi connectivity index (χ4n) is 3.25. The summed E-state index contributed by atoms with van der Waals surface area (Å²) in [6.07, 6.45) is 3.54. The zero-order valence-corrected chi connectivity index (χ0v) is 15.8. The van der Waals surface area contributed by atoms with Gasteiger partial charge < -0.3 is 15.6 Å². The second kappa shape index (κ2) is 7.15. The lowest BCUT2D eigenvalue weighted by molar-refractivity contribution is 0.102.